The Balaban J connectivity index is 2.25. The normalized spacial score (nSPS) is 13.8. The van der Waals surface area contributed by atoms with E-state index in [9.17, 15) is 19.2 Å². The van der Waals surface area contributed by atoms with Crippen LogP contribution in [0.25, 0.3) is 0 Å². The maximum absolute atomic E-state index is 12.7. The van der Waals surface area contributed by atoms with E-state index in [-0.39, 0.29) is 5.69 Å². The smallest absolute Gasteiger partial charge is 0.339 e. The van der Waals surface area contributed by atoms with Crippen LogP contribution in [-0.2, 0) is 14.4 Å². The lowest BCUT2D eigenvalue weighted by atomic mass is 10.2. The Bertz CT molecular complexity index is 779. The molecule has 0 unspecified atom stereocenters. The predicted octanol–water partition coefficient (Wildman–Crippen LogP) is 2.09. The van der Waals surface area contributed by atoms with Gasteiger partial charge in [-0.25, -0.2) is 14.6 Å². The van der Waals surface area contributed by atoms with Gasteiger partial charge in [0, 0.05) is 12.6 Å². The van der Waals surface area contributed by atoms with Crippen molar-refractivity contribution in [2.75, 3.05) is 31.2 Å². The number of carbonyl (C=O) groups excluding carboxylic acids is 4. The first kappa shape index (κ1) is 22.2. The average Bonchev–Trinajstić information content (AvgIpc) is 2.92. The van der Waals surface area contributed by atoms with Crippen molar-refractivity contribution in [1.29, 1.82) is 0 Å². The second-order valence-electron chi connectivity index (χ2n) is 6.49. The number of benzene rings is 1. The lowest BCUT2D eigenvalue weighted by Gasteiger charge is -2.18. The van der Waals surface area contributed by atoms with Gasteiger partial charge in [0.1, 0.15) is 6.54 Å². The van der Waals surface area contributed by atoms with Gasteiger partial charge in [-0.05, 0) is 31.4 Å². The molecule has 0 radical (unpaired) electrons. The second-order valence-corrected chi connectivity index (χ2v) is 6.49. The molecule has 0 saturated carbocycles. The van der Waals surface area contributed by atoms with Crippen LogP contribution in [0.3, 0.4) is 0 Å². The summed E-state index contributed by atoms with van der Waals surface area (Å²) in [6.45, 7) is 6.63. The minimum atomic E-state index is -1.04. The highest BCUT2D eigenvalue weighted by atomic mass is 16.5. The molecular weight excluding hydrogens is 378 g/mol. The van der Waals surface area contributed by atoms with Gasteiger partial charge in [0.05, 0.1) is 18.9 Å². The Kier molecular flexibility index (Phi) is 7.99. The maximum atomic E-state index is 12.7. The van der Waals surface area contributed by atoms with Crippen LogP contribution in [0.5, 0.6) is 11.5 Å². The van der Waals surface area contributed by atoms with E-state index in [0.717, 1.165) is 17.7 Å². The second kappa shape index (κ2) is 10.4. The highest BCUT2D eigenvalue weighted by molar-refractivity contribution is 6.53. The molecule has 1 N–H and O–H groups in total. The fourth-order valence-corrected chi connectivity index (χ4v) is 2.63. The number of amides is 5. The minimum absolute atomic E-state index is 0.180. The third kappa shape index (κ3) is 5.24. The zero-order chi connectivity index (χ0) is 21.4. The van der Waals surface area contributed by atoms with Crippen LogP contribution < -0.4 is 19.7 Å². The Hall–Kier alpha value is -3.10. The molecule has 0 spiro atoms. The fourth-order valence-electron chi connectivity index (χ4n) is 2.63. The molecule has 1 heterocycles. The molecule has 5 amide bonds. The van der Waals surface area contributed by atoms with Crippen LogP contribution in [0.4, 0.5) is 10.5 Å². The molecule has 0 atom stereocenters. The number of rotatable bonds is 11. The summed E-state index contributed by atoms with van der Waals surface area (Å²) in [5, 5.41) is 2.58. The van der Waals surface area contributed by atoms with E-state index in [2.05, 4.69) is 5.32 Å². The molecule has 29 heavy (non-hydrogen) atoms. The van der Waals surface area contributed by atoms with Gasteiger partial charge in [0.25, 0.3) is 0 Å². The van der Waals surface area contributed by atoms with Gasteiger partial charge < -0.3 is 14.8 Å². The number of anilines is 1. The first-order chi connectivity index (χ1) is 13.9. The maximum Gasteiger partial charge on any atom is 0.339 e. The number of carbonyl (C=O) groups is 4. The van der Waals surface area contributed by atoms with Crippen LogP contribution in [-0.4, -0.2) is 55.0 Å². The Morgan fingerprint density at radius 2 is 1.59 bits per heavy atom. The van der Waals surface area contributed by atoms with Crippen molar-refractivity contribution in [3.8, 4) is 11.5 Å². The predicted molar refractivity (Wildman–Crippen MR) is 106 cm³/mol. The lowest BCUT2D eigenvalue weighted by Crippen LogP contribution is -2.41. The molecule has 0 bridgehead atoms. The number of nitrogens with one attached hydrogen (secondary N) is 1. The standard InChI is InChI=1S/C20H27N3O6/c1-4-9-21-17(24)13-22-18(25)19(26)23(20(22)27)14-7-8-15(28-10-5-2)16(12-14)29-11-6-3/h7-8,12H,4-6,9-11,13H2,1-3H3,(H,21,24). The number of nitrogens with zero attached hydrogens (tertiary/aromatic N) is 2. The van der Waals surface area contributed by atoms with Gasteiger partial charge >= 0.3 is 17.8 Å². The lowest BCUT2D eigenvalue weighted by molar-refractivity contribution is -0.140. The van der Waals surface area contributed by atoms with Crippen molar-refractivity contribution in [2.24, 2.45) is 0 Å². The SMILES string of the molecule is CCCNC(=O)CN1C(=O)C(=O)N(c2ccc(OCCC)c(OCCC)c2)C1=O. The Morgan fingerprint density at radius 1 is 0.931 bits per heavy atom. The van der Waals surface area contributed by atoms with E-state index < -0.39 is 30.3 Å². The van der Waals surface area contributed by atoms with Crippen molar-refractivity contribution in [3.05, 3.63) is 18.2 Å². The largest absolute Gasteiger partial charge is 0.490 e. The first-order valence-electron chi connectivity index (χ1n) is 9.80. The highest BCUT2D eigenvalue weighted by Gasteiger charge is 2.46. The number of hydrogen-bond acceptors (Lipinski definition) is 6. The van der Waals surface area contributed by atoms with Crippen LogP contribution in [0.1, 0.15) is 40.0 Å². The molecule has 1 aliphatic heterocycles. The molecule has 9 nitrogen and oxygen atoms in total. The van der Waals surface area contributed by atoms with Gasteiger partial charge in [0.15, 0.2) is 11.5 Å². The van der Waals surface area contributed by atoms with E-state index in [1.54, 1.807) is 6.07 Å². The summed E-state index contributed by atoms with van der Waals surface area (Å²) in [6.07, 6.45) is 2.28. The monoisotopic (exact) mass is 405 g/mol. The summed E-state index contributed by atoms with van der Waals surface area (Å²) >= 11 is 0. The van der Waals surface area contributed by atoms with E-state index in [4.69, 9.17) is 9.47 Å². The first-order valence-corrected chi connectivity index (χ1v) is 9.80. The quantitative estimate of drug-likeness (QED) is 0.446. The van der Waals surface area contributed by atoms with Crippen molar-refractivity contribution >= 4 is 29.4 Å². The molecule has 0 aliphatic carbocycles. The zero-order valence-electron chi connectivity index (χ0n) is 17.0. The average molecular weight is 405 g/mol. The summed E-state index contributed by atoms with van der Waals surface area (Å²) < 4.78 is 11.3. The Morgan fingerprint density at radius 3 is 2.21 bits per heavy atom. The highest BCUT2D eigenvalue weighted by Crippen LogP contribution is 2.34. The molecule has 1 aromatic rings. The number of urea groups is 1. The summed E-state index contributed by atoms with van der Waals surface area (Å²) in [5.74, 6) is -1.68. The van der Waals surface area contributed by atoms with Crippen LogP contribution in [0.2, 0.25) is 0 Å². The molecule has 0 aromatic heterocycles. The van der Waals surface area contributed by atoms with Crippen molar-refractivity contribution in [3.63, 3.8) is 0 Å². The third-order valence-electron chi connectivity index (χ3n) is 4.04. The molecule has 158 valence electrons. The summed E-state index contributed by atoms with van der Waals surface area (Å²) in [6, 6.07) is 3.73. The van der Waals surface area contributed by atoms with Gasteiger partial charge in [-0.3, -0.25) is 14.4 Å². The van der Waals surface area contributed by atoms with Gasteiger partial charge in [-0.1, -0.05) is 20.8 Å². The van der Waals surface area contributed by atoms with E-state index >= 15 is 0 Å². The molecule has 1 aliphatic rings. The summed E-state index contributed by atoms with van der Waals surface area (Å²) in [5.41, 5.74) is 0.180. The molecule has 2 rings (SSSR count). The third-order valence-corrected chi connectivity index (χ3v) is 4.04. The van der Waals surface area contributed by atoms with E-state index in [0.29, 0.717) is 42.6 Å². The fraction of sp³-hybridized carbons (Fsp3) is 0.500. The molecule has 1 saturated heterocycles. The van der Waals surface area contributed by atoms with Crippen molar-refractivity contribution in [2.45, 2.75) is 40.0 Å². The summed E-state index contributed by atoms with van der Waals surface area (Å²) in [7, 11) is 0. The molecular formula is C20H27N3O6. The van der Waals surface area contributed by atoms with Gasteiger partial charge in [-0.15, -0.1) is 0 Å². The van der Waals surface area contributed by atoms with Crippen molar-refractivity contribution in [1.82, 2.24) is 10.2 Å². The molecule has 1 fully saturated rings. The number of ether oxygens (including phenoxy) is 2. The van der Waals surface area contributed by atoms with Crippen molar-refractivity contribution < 1.29 is 28.7 Å². The molecule has 9 heteroatoms. The number of hydrogen-bond donors (Lipinski definition) is 1. The van der Waals surface area contributed by atoms with Gasteiger partial charge in [-0.2, -0.15) is 0 Å². The summed E-state index contributed by atoms with van der Waals surface area (Å²) in [4.78, 5) is 50.6. The number of imide groups is 2. The van der Waals surface area contributed by atoms with E-state index in [1.807, 2.05) is 20.8 Å². The van der Waals surface area contributed by atoms with Gasteiger partial charge in [0.2, 0.25) is 5.91 Å². The zero-order valence-corrected chi connectivity index (χ0v) is 17.0. The minimum Gasteiger partial charge on any atom is -0.490 e. The van der Waals surface area contributed by atoms with Crippen LogP contribution in [0.15, 0.2) is 18.2 Å². The Labute approximate surface area is 169 Å². The van der Waals surface area contributed by atoms with Crippen LogP contribution >= 0.6 is 0 Å². The van der Waals surface area contributed by atoms with Crippen LogP contribution in [0, 0.1) is 0 Å². The van der Waals surface area contributed by atoms with E-state index in [1.165, 1.54) is 12.1 Å². The topological polar surface area (TPSA) is 105 Å². The molecule has 1 aromatic carbocycles.